The molecular weight excluding hydrogens is 401 g/mol. The van der Waals surface area contributed by atoms with Gasteiger partial charge < -0.3 is 10.6 Å². The molecule has 1 aromatic carbocycles. The Morgan fingerprint density at radius 1 is 1.00 bits per heavy atom. The predicted octanol–water partition coefficient (Wildman–Crippen LogP) is 5.68. The van der Waals surface area contributed by atoms with Crippen molar-refractivity contribution < 1.29 is 0 Å². The smallest absolute Gasteiger partial charge is 0.0373 e. The SMILES string of the molecule is C[C@H](N)c1ccc(N2CCN(CC3CCCCC3)CC2)cc1/C=C/C1CC1.Cl.Cl. The van der Waals surface area contributed by atoms with Crippen molar-refractivity contribution in [1.82, 2.24) is 4.90 Å². The number of anilines is 1. The van der Waals surface area contributed by atoms with Crippen LogP contribution in [-0.4, -0.2) is 37.6 Å². The summed E-state index contributed by atoms with van der Waals surface area (Å²) in [5, 5.41) is 0. The second-order valence-electron chi connectivity index (χ2n) is 9.09. The van der Waals surface area contributed by atoms with E-state index >= 15 is 0 Å². The Morgan fingerprint density at radius 3 is 2.31 bits per heavy atom. The molecule has 0 unspecified atom stereocenters. The van der Waals surface area contributed by atoms with Crippen molar-refractivity contribution >= 4 is 36.6 Å². The summed E-state index contributed by atoms with van der Waals surface area (Å²) < 4.78 is 0. The zero-order valence-electron chi connectivity index (χ0n) is 17.9. The zero-order chi connectivity index (χ0) is 18.6. The van der Waals surface area contributed by atoms with Gasteiger partial charge in [-0.3, -0.25) is 4.90 Å². The monoisotopic (exact) mass is 439 g/mol. The molecule has 0 amide bonds. The third-order valence-electron chi connectivity index (χ3n) is 6.71. The molecule has 1 heterocycles. The van der Waals surface area contributed by atoms with E-state index in [2.05, 4.69) is 47.1 Å². The van der Waals surface area contributed by atoms with Gasteiger partial charge in [-0.15, -0.1) is 24.8 Å². The van der Waals surface area contributed by atoms with Crippen LogP contribution < -0.4 is 10.6 Å². The van der Waals surface area contributed by atoms with Crippen LogP contribution in [0.2, 0.25) is 0 Å². The number of rotatable bonds is 6. The molecule has 164 valence electrons. The highest BCUT2D eigenvalue weighted by atomic mass is 35.5. The minimum Gasteiger partial charge on any atom is -0.369 e. The summed E-state index contributed by atoms with van der Waals surface area (Å²) in [6.45, 7) is 8.13. The molecule has 1 saturated heterocycles. The maximum absolute atomic E-state index is 6.22. The van der Waals surface area contributed by atoms with Crippen LogP contribution in [0.15, 0.2) is 24.3 Å². The van der Waals surface area contributed by atoms with Crippen LogP contribution in [0, 0.1) is 11.8 Å². The van der Waals surface area contributed by atoms with Gasteiger partial charge in [0.2, 0.25) is 0 Å². The molecule has 0 radical (unpaired) electrons. The first kappa shape index (κ1) is 24.5. The van der Waals surface area contributed by atoms with Crippen LogP contribution in [0.4, 0.5) is 5.69 Å². The van der Waals surface area contributed by atoms with Crippen molar-refractivity contribution in [1.29, 1.82) is 0 Å². The fourth-order valence-corrected chi connectivity index (χ4v) is 4.77. The van der Waals surface area contributed by atoms with Gasteiger partial charge in [-0.2, -0.15) is 0 Å². The third-order valence-corrected chi connectivity index (χ3v) is 6.71. The molecule has 0 spiro atoms. The molecular formula is C24H39Cl2N3. The molecule has 2 saturated carbocycles. The highest BCUT2D eigenvalue weighted by molar-refractivity contribution is 5.85. The minimum atomic E-state index is 0. The summed E-state index contributed by atoms with van der Waals surface area (Å²) in [6.07, 6.45) is 14.7. The molecule has 2 aliphatic carbocycles. The Balaban J connectivity index is 0.00000150. The summed E-state index contributed by atoms with van der Waals surface area (Å²) in [4.78, 5) is 5.27. The number of hydrogen-bond donors (Lipinski definition) is 1. The lowest BCUT2D eigenvalue weighted by Gasteiger charge is -2.38. The molecule has 5 heteroatoms. The van der Waals surface area contributed by atoms with Crippen molar-refractivity contribution in [2.45, 2.75) is 57.9 Å². The number of piperazine rings is 1. The van der Waals surface area contributed by atoms with Crippen LogP contribution in [-0.2, 0) is 0 Å². The number of allylic oxidation sites excluding steroid dienone is 1. The van der Waals surface area contributed by atoms with E-state index in [1.165, 1.54) is 81.4 Å². The van der Waals surface area contributed by atoms with E-state index < -0.39 is 0 Å². The van der Waals surface area contributed by atoms with Crippen LogP contribution in [0.1, 0.15) is 69.0 Å². The van der Waals surface area contributed by atoms with Gasteiger partial charge >= 0.3 is 0 Å². The molecule has 0 aromatic heterocycles. The van der Waals surface area contributed by atoms with E-state index in [4.69, 9.17) is 5.73 Å². The lowest BCUT2D eigenvalue weighted by molar-refractivity contribution is 0.192. The number of benzene rings is 1. The molecule has 3 fully saturated rings. The molecule has 1 atom stereocenters. The minimum absolute atomic E-state index is 0. The van der Waals surface area contributed by atoms with Gasteiger partial charge in [0.05, 0.1) is 0 Å². The highest BCUT2D eigenvalue weighted by Crippen LogP contribution is 2.32. The van der Waals surface area contributed by atoms with E-state index in [0.29, 0.717) is 0 Å². The summed E-state index contributed by atoms with van der Waals surface area (Å²) >= 11 is 0. The standard InChI is InChI=1S/C24H37N3.2ClH/c1-19(25)24-12-11-23(17-22(24)10-9-20-7-8-20)27-15-13-26(14-16-27)18-21-5-3-2-4-6-21;;/h9-12,17,19-21H,2-8,13-16,18,25H2,1H3;2*1H/b10-9+;;/t19-;;/m0../s1. The van der Waals surface area contributed by atoms with Crippen LogP contribution >= 0.6 is 24.8 Å². The summed E-state index contributed by atoms with van der Waals surface area (Å²) in [6, 6.07) is 6.99. The number of halogens is 2. The van der Waals surface area contributed by atoms with Gasteiger partial charge in [0.25, 0.3) is 0 Å². The quantitative estimate of drug-likeness (QED) is 0.618. The molecule has 29 heavy (non-hydrogen) atoms. The number of nitrogens with zero attached hydrogens (tertiary/aromatic N) is 2. The Labute approximate surface area is 189 Å². The van der Waals surface area contributed by atoms with Gasteiger partial charge in [-0.1, -0.05) is 37.5 Å². The summed E-state index contributed by atoms with van der Waals surface area (Å²) in [5.41, 5.74) is 10.2. The van der Waals surface area contributed by atoms with Crippen molar-refractivity contribution in [2.24, 2.45) is 17.6 Å². The average Bonchev–Trinajstić information content (AvgIpc) is 3.52. The number of nitrogens with two attached hydrogens (primary N) is 1. The molecule has 3 nitrogen and oxygen atoms in total. The fourth-order valence-electron chi connectivity index (χ4n) is 4.77. The molecule has 2 N–H and O–H groups in total. The van der Waals surface area contributed by atoms with Crippen molar-refractivity contribution in [3.05, 3.63) is 35.4 Å². The van der Waals surface area contributed by atoms with Gasteiger partial charge in [0, 0.05) is 44.5 Å². The summed E-state index contributed by atoms with van der Waals surface area (Å²) in [7, 11) is 0. The maximum Gasteiger partial charge on any atom is 0.0373 e. The van der Waals surface area contributed by atoms with Crippen molar-refractivity contribution in [3.8, 4) is 0 Å². The first-order chi connectivity index (χ1) is 13.2. The first-order valence-electron chi connectivity index (χ1n) is 11.2. The Bertz CT molecular complexity index is 644. The molecule has 1 aromatic rings. The third kappa shape index (κ3) is 6.89. The number of hydrogen-bond acceptors (Lipinski definition) is 3. The zero-order valence-corrected chi connectivity index (χ0v) is 19.5. The van der Waals surface area contributed by atoms with Gasteiger partial charge in [-0.05, 0) is 67.7 Å². The Hall–Kier alpha value is -0.740. The second-order valence-corrected chi connectivity index (χ2v) is 9.09. The van der Waals surface area contributed by atoms with Crippen molar-refractivity contribution in [3.63, 3.8) is 0 Å². The van der Waals surface area contributed by atoms with Crippen LogP contribution in [0.25, 0.3) is 6.08 Å². The van der Waals surface area contributed by atoms with Crippen LogP contribution in [0.3, 0.4) is 0 Å². The Morgan fingerprint density at radius 2 is 1.69 bits per heavy atom. The topological polar surface area (TPSA) is 32.5 Å². The fraction of sp³-hybridized carbons (Fsp3) is 0.667. The van der Waals surface area contributed by atoms with E-state index in [1.807, 2.05) is 0 Å². The second kappa shape index (κ2) is 11.6. The van der Waals surface area contributed by atoms with E-state index in [0.717, 1.165) is 24.9 Å². The van der Waals surface area contributed by atoms with E-state index in [9.17, 15) is 0 Å². The molecule has 4 rings (SSSR count). The predicted molar refractivity (Wildman–Crippen MR) is 131 cm³/mol. The van der Waals surface area contributed by atoms with Gasteiger partial charge in [0.15, 0.2) is 0 Å². The Kier molecular flexibility index (Phi) is 9.81. The maximum atomic E-state index is 6.22. The molecule has 0 bridgehead atoms. The largest absolute Gasteiger partial charge is 0.369 e. The van der Waals surface area contributed by atoms with Gasteiger partial charge in [-0.25, -0.2) is 0 Å². The van der Waals surface area contributed by atoms with E-state index in [1.54, 1.807) is 0 Å². The lowest BCUT2D eigenvalue weighted by atomic mass is 9.89. The average molecular weight is 441 g/mol. The van der Waals surface area contributed by atoms with Crippen LogP contribution in [0.5, 0.6) is 0 Å². The normalized spacial score (nSPS) is 22.2. The highest BCUT2D eigenvalue weighted by Gasteiger charge is 2.22. The molecule has 1 aliphatic heterocycles. The lowest BCUT2D eigenvalue weighted by Crippen LogP contribution is -2.48. The molecule has 3 aliphatic rings. The summed E-state index contributed by atoms with van der Waals surface area (Å²) in [5.74, 6) is 1.76. The first-order valence-corrected chi connectivity index (χ1v) is 11.2. The van der Waals surface area contributed by atoms with Gasteiger partial charge in [0.1, 0.15) is 0 Å². The van der Waals surface area contributed by atoms with Crippen molar-refractivity contribution in [2.75, 3.05) is 37.6 Å². The van der Waals surface area contributed by atoms with E-state index in [-0.39, 0.29) is 30.9 Å².